The molecule has 0 saturated carbocycles. The van der Waals surface area contributed by atoms with Crippen LogP contribution < -0.4 is 5.32 Å². The number of carbonyl (C=O) groups is 2. The third-order valence-corrected chi connectivity index (χ3v) is 4.02. The zero-order chi connectivity index (χ0) is 18.0. The summed E-state index contributed by atoms with van der Waals surface area (Å²) >= 11 is 0. The highest BCUT2D eigenvalue weighted by Crippen LogP contribution is 2.22. The first-order chi connectivity index (χ1) is 11.2. The summed E-state index contributed by atoms with van der Waals surface area (Å²) in [6.07, 6.45) is 0.262. The molecule has 24 heavy (non-hydrogen) atoms. The van der Waals surface area contributed by atoms with E-state index < -0.39 is 5.97 Å². The quantitative estimate of drug-likeness (QED) is 0.880. The first-order valence-electron chi connectivity index (χ1n) is 7.86. The zero-order valence-electron chi connectivity index (χ0n) is 14.7. The number of aromatic nitrogens is 2. The van der Waals surface area contributed by atoms with Crippen LogP contribution in [0.2, 0.25) is 0 Å². The first-order valence-corrected chi connectivity index (χ1v) is 7.86. The summed E-state index contributed by atoms with van der Waals surface area (Å²) in [5.41, 5.74) is 4.16. The lowest BCUT2D eigenvalue weighted by Crippen LogP contribution is -2.19. The van der Waals surface area contributed by atoms with Gasteiger partial charge in [-0.1, -0.05) is 6.07 Å². The number of aryl methyl sites for hydroxylation is 4. The van der Waals surface area contributed by atoms with Crippen LogP contribution >= 0.6 is 0 Å². The number of rotatable bonds is 5. The molecular formula is C18H23N3O3. The fourth-order valence-electron chi connectivity index (χ4n) is 2.87. The molecule has 2 N–H and O–H groups in total. The van der Waals surface area contributed by atoms with E-state index in [1.807, 2.05) is 38.4 Å². The summed E-state index contributed by atoms with van der Waals surface area (Å²) in [6.45, 7) is 9.40. The number of amides is 1. The molecule has 1 aromatic carbocycles. The Kier molecular flexibility index (Phi) is 5.07. The third kappa shape index (κ3) is 3.82. The van der Waals surface area contributed by atoms with Gasteiger partial charge in [-0.3, -0.25) is 9.48 Å². The van der Waals surface area contributed by atoms with Gasteiger partial charge < -0.3 is 10.4 Å². The van der Waals surface area contributed by atoms with Gasteiger partial charge in [-0.05, 0) is 57.9 Å². The molecular weight excluding hydrogens is 306 g/mol. The van der Waals surface area contributed by atoms with Crippen molar-refractivity contribution in [1.29, 1.82) is 0 Å². The molecule has 1 amide bonds. The molecule has 128 valence electrons. The maximum Gasteiger partial charge on any atom is 0.336 e. The molecule has 6 heteroatoms. The zero-order valence-corrected chi connectivity index (χ0v) is 14.7. The van der Waals surface area contributed by atoms with E-state index in [1.54, 1.807) is 13.0 Å². The summed E-state index contributed by atoms with van der Waals surface area (Å²) in [7, 11) is 0. The van der Waals surface area contributed by atoms with E-state index in [1.165, 1.54) is 6.07 Å². The lowest BCUT2D eigenvalue weighted by atomic mass is 10.0. The number of benzene rings is 1. The number of carboxylic acids is 1. The molecule has 1 aromatic heterocycles. The Morgan fingerprint density at radius 1 is 1.17 bits per heavy atom. The van der Waals surface area contributed by atoms with E-state index in [-0.39, 0.29) is 23.9 Å². The number of anilines is 1. The fraction of sp³-hybridized carbons (Fsp3) is 0.389. The second-order valence-corrected chi connectivity index (χ2v) is 6.26. The Bertz CT molecular complexity index is 793. The topological polar surface area (TPSA) is 84.2 Å². The monoisotopic (exact) mass is 329 g/mol. The van der Waals surface area contributed by atoms with Crippen molar-refractivity contribution < 1.29 is 14.7 Å². The van der Waals surface area contributed by atoms with Crippen LogP contribution in [-0.2, 0) is 4.79 Å². The molecule has 0 radical (unpaired) electrons. The maximum atomic E-state index is 12.3. The van der Waals surface area contributed by atoms with E-state index in [4.69, 9.17) is 0 Å². The van der Waals surface area contributed by atoms with Crippen molar-refractivity contribution >= 4 is 17.6 Å². The SMILES string of the molecule is Cc1cc(C)n(C(C)CC(=O)Nc2cc(C(=O)O)c(C)cc2C)n1. The van der Waals surface area contributed by atoms with Crippen LogP contribution in [0.1, 0.15) is 52.3 Å². The van der Waals surface area contributed by atoms with Crippen LogP contribution in [0, 0.1) is 27.7 Å². The number of aromatic carboxylic acids is 1. The van der Waals surface area contributed by atoms with Gasteiger partial charge in [0.25, 0.3) is 0 Å². The van der Waals surface area contributed by atoms with E-state index in [0.717, 1.165) is 17.0 Å². The van der Waals surface area contributed by atoms with E-state index >= 15 is 0 Å². The molecule has 0 spiro atoms. The lowest BCUT2D eigenvalue weighted by molar-refractivity contribution is -0.116. The van der Waals surface area contributed by atoms with E-state index in [9.17, 15) is 14.7 Å². The van der Waals surface area contributed by atoms with Gasteiger partial charge in [0.15, 0.2) is 0 Å². The van der Waals surface area contributed by atoms with Crippen LogP contribution in [0.3, 0.4) is 0 Å². The lowest BCUT2D eigenvalue weighted by Gasteiger charge is -2.16. The molecule has 0 bridgehead atoms. The van der Waals surface area contributed by atoms with Gasteiger partial charge in [0.2, 0.25) is 5.91 Å². The Hall–Kier alpha value is -2.63. The van der Waals surface area contributed by atoms with Crippen LogP contribution in [-0.4, -0.2) is 26.8 Å². The van der Waals surface area contributed by atoms with Gasteiger partial charge in [-0.2, -0.15) is 5.10 Å². The Balaban J connectivity index is 2.14. The summed E-state index contributed by atoms with van der Waals surface area (Å²) in [4.78, 5) is 23.6. The van der Waals surface area contributed by atoms with Gasteiger partial charge in [-0.25, -0.2) is 4.79 Å². The number of carboxylic acid groups (broad SMARTS) is 1. The molecule has 0 fully saturated rings. The predicted molar refractivity (Wildman–Crippen MR) is 92.5 cm³/mol. The van der Waals surface area contributed by atoms with Crippen molar-refractivity contribution in [2.75, 3.05) is 5.32 Å². The standard InChI is InChI=1S/C18H23N3O3/c1-10-6-11(2)16(9-15(10)18(23)24)19-17(22)8-14(5)21-13(4)7-12(3)20-21/h6-7,9,14H,8H2,1-5H3,(H,19,22)(H,23,24). The van der Waals surface area contributed by atoms with Crippen LogP contribution in [0.25, 0.3) is 0 Å². The normalized spacial score (nSPS) is 12.0. The van der Waals surface area contributed by atoms with Crippen LogP contribution in [0.15, 0.2) is 18.2 Å². The van der Waals surface area contributed by atoms with Gasteiger partial charge in [0.05, 0.1) is 17.3 Å². The van der Waals surface area contributed by atoms with Gasteiger partial charge in [-0.15, -0.1) is 0 Å². The van der Waals surface area contributed by atoms with Crippen molar-refractivity contribution in [2.24, 2.45) is 0 Å². The number of nitrogens with one attached hydrogen (secondary N) is 1. The molecule has 0 aliphatic carbocycles. The minimum atomic E-state index is -1.00. The van der Waals surface area contributed by atoms with Gasteiger partial charge in [0.1, 0.15) is 0 Å². The van der Waals surface area contributed by atoms with Crippen LogP contribution in [0.5, 0.6) is 0 Å². The first kappa shape index (κ1) is 17.7. The van der Waals surface area contributed by atoms with Crippen molar-refractivity contribution in [2.45, 2.75) is 47.1 Å². The predicted octanol–water partition coefficient (Wildman–Crippen LogP) is 3.40. The molecule has 0 aliphatic heterocycles. The van der Waals surface area contributed by atoms with Crippen molar-refractivity contribution in [3.8, 4) is 0 Å². The highest BCUT2D eigenvalue weighted by molar-refractivity contribution is 5.95. The summed E-state index contributed by atoms with van der Waals surface area (Å²) in [5, 5.41) is 16.4. The molecule has 0 aliphatic rings. The maximum absolute atomic E-state index is 12.3. The fourth-order valence-corrected chi connectivity index (χ4v) is 2.87. The molecule has 2 aromatic rings. The molecule has 2 rings (SSSR count). The van der Waals surface area contributed by atoms with E-state index in [0.29, 0.717) is 11.3 Å². The summed E-state index contributed by atoms with van der Waals surface area (Å²) < 4.78 is 1.83. The summed E-state index contributed by atoms with van der Waals surface area (Å²) in [5.74, 6) is -1.17. The van der Waals surface area contributed by atoms with Crippen LogP contribution in [0.4, 0.5) is 5.69 Å². The summed E-state index contributed by atoms with van der Waals surface area (Å²) in [6, 6.07) is 5.17. The van der Waals surface area contributed by atoms with Crippen molar-refractivity contribution in [3.05, 3.63) is 46.3 Å². The van der Waals surface area contributed by atoms with E-state index in [2.05, 4.69) is 10.4 Å². The second kappa shape index (κ2) is 6.86. The Labute approximate surface area is 141 Å². The van der Waals surface area contributed by atoms with Crippen molar-refractivity contribution in [3.63, 3.8) is 0 Å². The molecule has 6 nitrogen and oxygen atoms in total. The number of hydrogen-bond donors (Lipinski definition) is 2. The smallest absolute Gasteiger partial charge is 0.336 e. The molecule has 1 unspecified atom stereocenters. The molecule has 1 atom stereocenters. The average molecular weight is 329 g/mol. The van der Waals surface area contributed by atoms with Gasteiger partial charge >= 0.3 is 5.97 Å². The highest BCUT2D eigenvalue weighted by atomic mass is 16.4. The number of carbonyl (C=O) groups excluding carboxylic acids is 1. The third-order valence-electron chi connectivity index (χ3n) is 4.02. The minimum Gasteiger partial charge on any atom is -0.478 e. The molecule has 0 saturated heterocycles. The second-order valence-electron chi connectivity index (χ2n) is 6.26. The van der Waals surface area contributed by atoms with Crippen molar-refractivity contribution in [1.82, 2.24) is 9.78 Å². The Morgan fingerprint density at radius 2 is 1.83 bits per heavy atom. The Morgan fingerprint density at radius 3 is 2.38 bits per heavy atom. The molecule has 1 heterocycles. The number of hydrogen-bond acceptors (Lipinski definition) is 3. The van der Waals surface area contributed by atoms with Gasteiger partial charge in [0, 0.05) is 17.8 Å². The highest BCUT2D eigenvalue weighted by Gasteiger charge is 2.16. The average Bonchev–Trinajstić information content (AvgIpc) is 2.80. The largest absolute Gasteiger partial charge is 0.478 e. The number of nitrogens with zero attached hydrogens (tertiary/aromatic N) is 2. The minimum absolute atomic E-state index is 0.0802.